The van der Waals surface area contributed by atoms with E-state index in [-0.39, 0.29) is 0 Å². The second-order valence-electron chi connectivity index (χ2n) is 6.78. The fraction of sp³-hybridized carbons (Fsp3) is 1.00. The van der Waals surface area contributed by atoms with E-state index in [0.29, 0.717) is 0 Å². The first-order valence-corrected chi connectivity index (χ1v) is 8.25. The third-order valence-electron chi connectivity index (χ3n) is 4.19. The Morgan fingerprint density at radius 1 is 0.485 bits per heavy atom. The van der Waals surface area contributed by atoms with Crippen LogP contribution in [0.4, 0.5) is 79.0 Å². The molecule has 1 N–H and O–H groups in total. The summed E-state index contributed by atoms with van der Waals surface area (Å²) in [5.74, 6) is -46.0. The average Bonchev–Trinajstić information content (AvgIpc) is 2.56. The van der Waals surface area contributed by atoms with E-state index in [0.717, 1.165) is 6.92 Å². The Hall–Kier alpha value is -1.30. The second kappa shape index (κ2) is 9.05. The van der Waals surface area contributed by atoms with E-state index in [1.54, 1.807) is 5.32 Å². The Bertz CT molecular complexity index is 594. The minimum atomic E-state index is -7.47. The van der Waals surface area contributed by atoms with Crippen LogP contribution in [0.15, 0.2) is 0 Å². The number of halogens is 18. The average molecular weight is 537 g/mol. The van der Waals surface area contributed by atoms with Gasteiger partial charge in [0.05, 0.1) is 0 Å². The number of rotatable bonds is 11. The lowest BCUT2D eigenvalue weighted by atomic mass is 9.86. The topological polar surface area (TPSA) is 12.0 Å². The van der Waals surface area contributed by atoms with E-state index in [2.05, 4.69) is 0 Å². The summed E-state index contributed by atoms with van der Waals surface area (Å²) in [7, 11) is 0. The van der Waals surface area contributed by atoms with E-state index >= 15 is 0 Å². The van der Waals surface area contributed by atoms with Crippen molar-refractivity contribution in [2.24, 2.45) is 5.92 Å². The van der Waals surface area contributed by atoms with Crippen LogP contribution in [0.25, 0.3) is 0 Å². The van der Waals surface area contributed by atoms with Crippen LogP contribution in [0.5, 0.6) is 0 Å². The molecule has 0 spiro atoms. The van der Waals surface area contributed by atoms with Crippen LogP contribution >= 0.6 is 0 Å². The zero-order valence-electron chi connectivity index (χ0n) is 15.7. The quantitative estimate of drug-likeness (QED) is 0.282. The first kappa shape index (κ1) is 31.7. The summed E-state index contributed by atoms with van der Waals surface area (Å²) < 4.78 is 232. The van der Waals surface area contributed by atoms with Crippen LogP contribution in [0.3, 0.4) is 0 Å². The van der Waals surface area contributed by atoms with E-state index in [1.165, 1.54) is 0 Å². The van der Waals surface area contributed by atoms with E-state index in [1.807, 2.05) is 0 Å². The highest BCUT2D eigenvalue weighted by atomic mass is 19.4. The minimum absolute atomic E-state index is 0.474. The highest BCUT2D eigenvalue weighted by Crippen LogP contribution is 2.57. The van der Waals surface area contributed by atoms with Gasteiger partial charge in [-0.1, -0.05) is 6.92 Å². The van der Waals surface area contributed by atoms with E-state index in [4.69, 9.17) is 0 Å². The third-order valence-corrected chi connectivity index (χ3v) is 4.19. The number of hydrogen-bond donors (Lipinski definition) is 1. The molecule has 0 aromatic rings. The van der Waals surface area contributed by atoms with Gasteiger partial charge in [0.25, 0.3) is 0 Å². The Balaban J connectivity index is 6.20. The zero-order valence-corrected chi connectivity index (χ0v) is 15.7. The van der Waals surface area contributed by atoms with E-state index in [9.17, 15) is 79.0 Å². The molecule has 0 radical (unpaired) electrons. The lowest BCUT2D eigenvalue weighted by molar-refractivity contribution is -0.402. The molecular formula is C14H13F18N. The van der Waals surface area contributed by atoms with Gasteiger partial charge in [0.15, 0.2) is 0 Å². The molecule has 0 amide bonds. The molecule has 0 aliphatic carbocycles. The van der Waals surface area contributed by atoms with Crippen molar-refractivity contribution in [3.8, 4) is 0 Å². The summed E-state index contributed by atoms with van der Waals surface area (Å²) in [5, 5.41) is 1.76. The summed E-state index contributed by atoms with van der Waals surface area (Å²) in [4.78, 5) is 0. The molecule has 0 rings (SSSR count). The molecule has 0 aromatic heterocycles. The van der Waals surface area contributed by atoms with Crippen molar-refractivity contribution >= 4 is 0 Å². The summed E-state index contributed by atoms with van der Waals surface area (Å²) in [5.41, 5.74) is 0. The largest absolute Gasteiger partial charge is 0.460 e. The van der Waals surface area contributed by atoms with Gasteiger partial charge in [-0.15, -0.1) is 0 Å². The fourth-order valence-electron chi connectivity index (χ4n) is 2.36. The molecule has 0 saturated carbocycles. The molecule has 33 heavy (non-hydrogen) atoms. The van der Waals surface area contributed by atoms with Gasteiger partial charge in [-0.25, -0.2) is 0 Å². The van der Waals surface area contributed by atoms with Crippen molar-refractivity contribution in [1.82, 2.24) is 5.32 Å². The van der Waals surface area contributed by atoms with Crippen molar-refractivity contribution in [3.63, 3.8) is 0 Å². The summed E-state index contributed by atoms with van der Waals surface area (Å²) in [6.45, 7) is -1.01. The maximum absolute atomic E-state index is 13.7. The predicted octanol–water partition coefficient (Wildman–Crippen LogP) is 6.93. The minimum Gasteiger partial charge on any atom is -0.317 e. The van der Waals surface area contributed by atoms with Crippen molar-refractivity contribution in [3.05, 3.63) is 0 Å². The fourth-order valence-corrected chi connectivity index (χ4v) is 2.36. The maximum atomic E-state index is 13.7. The smallest absolute Gasteiger partial charge is 0.317 e. The molecule has 0 aliphatic heterocycles. The molecule has 0 saturated heterocycles. The van der Waals surface area contributed by atoms with Crippen LogP contribution in [-0.4, -0.2) is 61.0 Å². The monoisotopic (exact) mass is 537 g/mol. The van der Waals surface area contributed by atoms with E-state index < -0.39 is 79.7 Å². The van der Waals surface area contributed by atoms with Gasteiger partial charge in [0.2, 0.25) is 0 Å². The number of hydrogen-bond acceptors (Lipinski definition) is 1. The predicted molar refractivity (Wildman–Crippen MR) is 73.1 cm³/mol. The van der Waals surface area contributed by atoms with Crippen molar-refractivity contribution < 1.29 is 79.0 Å². The number of alkyl halides is 18. The third kappa shape index (κ3) is 5.68. The Labute approximate surface area is 172 Å². The van der Waals surface area contributed by atoms with Crippen molar-refractivity contribution in [2.45, 2.75) is 67.7 Å². The highest BCUT2D eigenvalue weighted by Gasteiger charge is 2.83. The van der Waals surface area contributed by atoms with Crippen LogP contribution in [0.2, 0.25) is 0 Å². The van der Waals surface area contributed by atoms with Crippen LogP contribution < -0.4 is 5.32 Å². The molecule has 0 unspecified atom stereocenters. The van der Waals surface area contributed by atoms with Gasteiger partial charge in [-0.2, -0.15) is 79.0 Å². The lowest BCUT2D eigenvalue weighted by Gasteiger charge is -2.38. The first-order valence-electron chi connectivity index (χ1n) is 8.25. The molecule has 0 aromatic carbocycles. The Morgan fingerprint density at radius 3 is 0.970 bits per heavy atom. The van der Waals surface area contributed by atoms with Gasteiger partial charge >= 0.3 is 47.9 Å². The van der Waals surface area contributed by atoms with Gasteiger partial charge < -0.3 is 5.32 Å². The van der Waals surface area contributed by atoms with Crippen LogP contribution in [0.1, 0.15) is 19.8 Å². The van der Waals surface area contributed by atoms with Gasteiger partial charge in [-0.05, 0) is 19.0 Å². The summed E-state index contributed by atoms with van der Waals surface area (Å²) in [6.07, 6.45) is -20.9. The first-order chi connectivity index (χ1) is 14.1. The zero-order chi connectivity index (χ0) is 27.1. The van der Waals surface area contributed by atoms with Crippen LogP contribution in [-0.2, 0) is 0 Å². The standard InChI is InChI=1S/C14H13F18N/c1-2-33-5-6(3-7(15,16)9(19,20)11(23,24)13(27,28)29)4-8(17,18)10(21,22)12(25,26)14(30,31)32/h6,33H,2-5H2,1H3. The van der Waals surface area contributed by atoms with Crippen LogP contribution in [0, 0.1) is 5.92 Å². The molecular weight excluding hydrogens is 524 g/mol. The molecule has 1 nitrogen and oxygen atoms in total. The van der Waals surface area contributed by atoms with Gasteiger partial charge in [0.1, 0.15) is 0 Å². The molecule has 19 heteroatoms. The Kier molecular flexibility index (Phi) is 8.69. The van der Waals surface area contributed by atoms with Gasteiger partial charge in [0, 0.05) is 12.8 Å². The summed E-state index contributed by atoms with van der Waals surface area (Å²) in [6, 6.07) is 0. The normalized spacial score (nSPS) is 16.0. The Morgan fingerprint density at radius 2 is 0.758 bits per heavy atom. The SMILES string of the molecule is CCNCC(CC(F)(F)C(F)(F)C(F)(F)C(F)(F)F)CC(F)(F)C(F)(F)C(F)(F)C(F)(F)F. The maximum Gasteiger partial charge on any atom is 0.460 e. The van der Waals surface area contributed by atoms with Crippen molar-refractivity contribution in [1.29, 1.82) is 0 Å². The highest BCUT2D eigenvalue weighted by molar-refractivity contribution is 5.04. The van der Waals surface area contributed by atoms with Crippen molar-refractivity contribution in [2.75, 3.05) is 13.1 Å². The molecule has 0 atom stereocenters. The number of nitrogens with one attached hydrogen (secondary N) is 1. The summed E-state index contributed by atoms with van der Waals surface area (Å²) >= 11 is 0. The molecule has 0 bridgehead atoms. The molecule has 0 fully saturated rings. The molecule has 0 heterocycles. The molecule has 200 valence electrons. The second-order valence-corrected chi connectivity index (χ2v) is 6.78. The van der Waals surface area contributed by atoms with Gasteiger partial charge in [-0.3, -0.25) is 0 Å². The lowest BCUT2D eigenvalue weighted by Crippen LogP contribution is -2.62. The molecule has 0 aliphatic rings.